The number of hydrogen-bond acceptors (Lipinski definition) is 3. The van der Waals surface area contributed by atoms with E-state index in [1.165, 1.54) is 7.11 Å². The van der Waals surface area contributed by atoms with Crippen LogP contribution in [-0.2, 0) is 20.5 Å². The summed E-state index contributed by atoms with van der Waals surface area (Å²) < 4.78 is 42.1. The number of ether oxygens (including phenoxy) is 1. The van der Waals surface area contributed by atoms with Crippen molar-refractivity contribution in [3.63, 3.8) is 0 Å². The average Bonchev–Trinajstić information content (AvgIpc) is 2.38. The molecule has 0 spiro atoms. The Hall–Kier alpha value is -2.09. The lowest BCUT2D eigenvalue weighted by molar-refractivity contribution is -0.138. The number of benzene rings is 1. The summed E-state index contributed by atoms with van der Waals surface area (Å²) >= 11 is 0. The van der Waals surface area contributed by atoms with Gasteiger partial charge in [-0.05, 0) is 24.3 Å². The van der Waals surface area contributed by atoms with Gasteiger partial charge in [0.2, 0.25) is 0 Å². The lowest BCUT2D eigenvalue weighted by Gasteiger charge is -2.22. The first-order chi connectivity index (χ1) is 9.75. The van der Waals surface area contributed by atoms with Crippen LogP contribution in [0.2, 0.25) is 0 Å². The molecular weight excluding hydrogens is 291 g/mol. The van der Waals surface area contributed by atoms with Crippen LogP contribution in [0.5, 0.6) is 0 Å². The first-order valence-corrected chi connectivity index (χ1v) is 5.94. The van der Waals surface area contributed by atoms with Crippen LogP contribution in [-0.4, -0.2) is 37.2 Å². The van der Waals surface area contributed by atoms with Crippen molar-refractivity contribution in [2.45, 2.75) is 12.6 Å². The van der Waals surface area contributed by atoms with Gasteiger partial charge in [-0.3, -0.25) is 9.59 Å². The maximum absolute atomic E-state index is 12.5. The lowest BCUT2D eigenvalue weighted by Crippen LogP contribution is -2.35. The summed E-state index contributed by atoms with van der Waals surface area (Å²) in [5.41, 5.74) is -0.657. The Labute approximate surface area is 118 Å². The highest BCUT2D eigenvalue weighted by atomic mass is 19.4. The van der Waals surface area contributed by atoms with E-state index in [9.17, 15) is 22.8 Å². The number of hydrogen-bond donors (Lipinski definition) is 1. The molecule has 0 saturated carbocycles. The second kappa shape index (κ2) is 7.07. The predicted molar refractivity (Wildman–Crippen MR) is 67.9 cm³/mol. The lowest BCUT2D eigenvalue weighted by atomic mass is 10.2. The number of alkyl halides is 3. The highest BCUT2D eigenvalue weighted by molar-refractivity contribution is 5.94. The Morgan fingerprint density at radius 2 is 1.81 bits per heavy atom. The second-order valence-corrected chi connectivity index (χ2v) is 4.17. The van der Waals surface area contributed by atoms with E-state index in [4.69, 9.17) is 5.11 Å². The van der Waals surface area contributed by atoms with E-state index in [1.54, 1.807) is 0 Å². The minimum atomic E-state index is -4.47. The molecule has 1 aromatic rings. The van der Waals surface area contributed by atoms with Gasteiger partial charge in [0.25, 0.3) is 5.91 Å². The van der Waals surface area contributed by atoms with Crippen molar-refractivity contribution in [3.8, 4) is 0 Å². The molecule has 5 nitrogen and oxygen atoms in total. The molecule has 1 rings (SSSR count). The fraction of sp³-hybridized carbons (Fsp3) is 0.385. The van der Waals surface area contributed by atoms with Crippen LogP contribution in [0.4, 0.5) is 18.9 Å². The molecule has 1 amide bonds. The third-order valence-electron chi connectivity index (χ3n) is 2.62. The first kappa shape index (κ1) is 17.0. The topological polar surface area (TPSA) is 66.8 Å². The monoisotopic (exact) mass is 305 g/mol. The molecule has 116 valence electrons. The van der Waals surface area contributed by atoms with Gasteiger partial charge < -0.3 is 14.7 Å². The molecule has 0 aliphatic rings. The van der Waals surface area contributed by atoms with Crippen LogP contribution in [0.3, 0.4) is 0 Å². The zero-order valence-electron chi connectivity index (χ0n) is 11.2. The number of anilines is 1. The van der Waals surface area contributed by atoms with Crippen LogP contribution in [0.15, 0.2) is 24.3 Å². The highest BCUT2D eigenvalue weighted by Gasteiger charge is 2.30. The number of rotatable bonds is 6. The zero-order chi connectivity index (χ0) is 16.0. The quantitative estimate of drug-likeness (QED) is 0.874. The highest BCUT2D eigenvalue weighted by Crippen LogP contribution is 2.30. The first-order valence-electron chi connectivity index (χ1n) is 5.94. The Balaban J connectivity index is 2.96. The molecule has 1 aromatic carbocycles. The van der Waals surface area contributed by atoms with E-state index in [0.29, 0.717) is 0 Å². The largest absolute Gasteiger partial charge is 0.481 e. The number of nitrogens with zero attached hydrogens (tertiary/aromatic N) is 1. The molecule has 0 atom stereocenters. The number of aliphatic carboxylic acids is 1. The molecule has 0 aliphatic heterocycles. The fourth-order valence-corrected chi connectivity index (χ4v) is 1.64. The summed E-state index contributed by atoms with van der Waals surface area (Å²) in [4.78, 5) is 23.5. The average molecular weight is 305 g/mol. The third kappa shape index (κ3) is 5.07. The van der Waals surface area contributed by atoms with E-state index < -0.39 is 23.6 Å². The molecule has 0 fully saturated rings. The SMILES string of the molecule is COCC(=O)N(CCC(=O)O)c1ccc(C(F)(F)F)cc1. The van der Waals surface area contributed by atoms with Crippen molar-refractivity contribution < 1.29 is 32.6 Å². The second-order valence-electron chi connectivity index (χ2n) is 4.17. The fourth-order valence-electron chi connectivity index (χ4n) is 1.64. The van der Waals surface area contributed by atoms with Gasteiger partial charge in [-0.25, -0.2) is 0 Å². The maximum atomic E-state index is 12.5. The van der Waals surface area contributed by atoms with Crippen LogP contribution in [0.1, 0.15) is 12.0 Å². The molecule has 0 unspecified atom stereocenters. The molecule has 0 radical (unpaired) electrons. The number of amides is 1. The van der Waals surface area contributed by atoms with Gasteiger partial charge in [0.15, 0.2) is 0 Å². The van der Waals surface area contributed by atoms with Crippen LogP contribution >= 0.6 is 0 Å². The van der Waals surface area contributed by atoms with Crippen molar-refractivity contribution in [2.24, 2.45) is 0 Å². The zero-order valence-corrected chi connectivity index (χ0v) is 11.2. The predicted octanol–water partition coefficient (Wildman–Crippen LogP) is 2.16. The molecule has 0 bridgehead atoms. The van der Waals surface area contributed by atoms with E-state index in [-0.39, 0.29) is 25.3 Å². The molecule has 0 aromatic heterocycles. The summed E-state index contributed by atoms with van der Waals surface area (Å²) in [5, 5.41) is 8.65. The molecular formula is C13H14F3NO4. The molecule has 0 heterocycles. The molecule has 0 saturated heterocycles. The number of methoxy groups -OCH3 is 1. The van der Waals surface area contributed by atoms with Crippen molar-refractivity contribution in [1.29, 1.82) is 0 Å². The van der Waals surface area contributed by atoms with Crippen molar-refractivity contribution in [3.05, 3.63) is 29.8 Å². The molecule has 21 heavy (non-hydrogen) atoms. The van der Waals surface area contributed by atoms with E-state index >= 15 is 0 Å². The molecule has 8 heteroatoms. The number of carboxylic acids is 1. The Bertz CT molecular complexity index is 499. The number of carboxylic acid groups (broad SMARTS) is 1. The van der Waals surface area contributed by atoms with Gasteiger partial charge in [-0.1, -0.05) is 0 Å². The van der Waals surface area contributed by atoms with Gasteiger partial charge >= 0.3 is 12.1 Å². The summed E-state index contributed by atoms with van der Waals surface area (Å²) in [7, 11) is 1.29. The van der Waals surface area contributed by atoms with E-state index in [0.717, 1.165) is 29.2 Å². The Morgan fingerprint density at radius 3 is 2.24 bits per heavy atom. The van der Waals surface area contributed by atoms with Crippen molar-refractivity contribution in [2.75, 3.05) is 25.2 Å². The number of carbonyl (C=O) groups is 2. The van der Waals surface area contributed by atoms with Crippen molar-refractivity contribution in [1.82, 2.24) is 0 Å². The Morgan fingerprint density at radius 1 is 1.24 bits per heavy atom. The minimum Gasteiger partial charge on any atom is -0.481 e. The minimum absolute atomic E-state index is 0.150. The molecule has 1 N–H and O–H groups in total. The van der Waals surface area contributed by atoms with Gasteiger partial charge in [0.05, 0.1) is 12.0 Å². The van der Waals surface area contributed by atoms with E-state index in [2.05, 4.69) is 4.74 Å². The standard InChI is InChI=1S/C13H14F3NO4/c1-21-8-11(18)17(7-6-12(19)20)10-4-2-9(3-5-10)13(14,15)16/h2-5H,6-8H2,1H3,(H,19,20). The Kier molecular flexibility index (Phi) is 5.71. The molecule has 0 aliphatic carbocycles. The van der Waals surface area contributed by atoms with Crippen molar-refractivity contribution >= 4 is 17.6 Å². The number of carbonyl (C=O) groups excluding carboxylic acids is 1. The summed E-state index contributed by atoms with van der Waals surface area (Å²) in [5.74, 6) is -1.64. The van der Waals surface area contributed by atoms with Crippen LogP contribution in [0, 0.1) is 0 Å². The smallest absolute Gasteiger partial charge is 0.416 e. The number of halogens is 3. The van der Waals surface area contributed by atoms with Gasteiger partial charge in [-0.15, -0.1) is 0 Å². The normalized spacial score (nSPS) is 11.2. The summed E-state index contributed by atoms with van der Waals surface area (Å²) in [6, 6.07) is 3.92. The van der Waals surface area contributed by atoms with Gasteiger partial charge in [0, 0.05) is 19.3 Å². The van der Waals surface area contributed by atoms with Gasteiger partial charge in [0.1, 0.15) is 6.61 Å². The van der Waals surface area contributed by atoms with Crippen LogP contribution < -0.4 is 4.90 Å². The van der Waals surface area contributed by atoms with Crippen LogP contribution in [0.25, 0.3) is 0 Å². The van der Waals surface area contributed by atoms with Gasteiger partial charge in [-0.2, -0.15) is 13.2 Å². The summed E-state index contributed by atoms with van der Waals surface area (Å²) in [6.45, 7) is -0.441. The third-order valence-corrected chi connectivity index (χ3v) is 2.62. The maximum Gasteiger partial charge on any atom is 0.416 e. The van der Waals surface area contributed by atoms with E-state index in [1.807, 2.05) is 0 Å². The summed E-state index contributed by atoms with van der Waals surface area (Å²) in [6.07, 6.45) is -4.79.